The minimum absolute atomic E-state index is 0. The highest BCUT2D eigenvalue weighted by molar-refractivity contribution is 14.0. The molecule has 158 valence electrons. The van der Waals surface area contributed by atoms with Crippen molar-refractivity contribution in [2.24, 2.45) is 10.9 Å². The number of aliphatic imine (C=N–C) groups is 1. The number of likely N-dealkylation sites (tertiary alicyclic amines) is 1. The molecule has 0 spiro atoms. The van der Waals surface area contributed by atoms with Gasteiger partial charge < -0.3 is 15.0 Å². The largest absolute Gasteiger partial charge is 0.466 e. The van der Waals surface area contributed by atoms with Crippen molar-refractivity contribution >= 4 is 47.2 Å². The van der Waals surface area contributed by atoms with Crippen LogP contribution < -0.4 is 5.32 Å². The van der Waals surface area contributed by atoms with Crippen LogP contribution >= 0.6 is 35.3 Å². The molecule has 2 fully saturated rings. The molecule has 1 aliphatic heterocycles. The van der Waals surface area contributed by atoms with E-state index in [0.29, 0.717) is 6.61 Å². The van der Waals surface area contributed by atoms with Gasteiger partial charge in [0.2, 0.25) is 0 Å². The normalized spacial score (nSPS) is 20.4. The van der Waals surface area contributed by atoms with Crippen molar-refractivity contribution in [1.29, 1.82) is 0 Å². The number of nitrogens with one attached hydrogen (secondary N) is 1. The quantitative estimate of drug-likeness (QED) is 0.271. The maximum Gasteiger partial charge on any atom is 0.309 e. The summed E-state index contributed by atoms with van der Waals surface area (Å²) in [4.78, 5) is 20.3. The Bertz CT molecular complexity index is 622. The summed E-state index contributed by atoms with van der Waals surface area (Å²) in [7, 11) is 1.86. The number of thiophene rings is 1. The molecule has 3 rings (SSSR count). The van der Waals surface area contributed by atoms with Crippen LogP contribution in [0.25, 0.3) is 0 Å². The summed E-state index contributed by atoms with van der Waals surface area (Å²) in [5.74, 6) is 0.966. The van der Waals surface area contributed by atoms with Crippen molar-refractivity contribution in [3.05, 3.63) is 22.4 Å². The minimum Gasteiger partial charge on any atom is -0.466 e. The third kappa shape index (κ3) is 5.62. The number of carbonyl (C=O) groups excluding carboxylic acids is 1. The van der Waals surface area contributed by atoms with Crippen LogP contribution in [0, 0.1) is 5.92 Å². The first-order chi connectivity index (χ1) is 13.2. The number of rotatable bonds is 5. The van der Waals surface area contributed by atoms with Crippen LogP contribution in [-0.4, -0.2) is 50.1 Å². The number of nitrogens with zero attached hydrogens (tertiary/aromatic N) is 2. The van der Waals surface area contributed by atoms with Crippen LogP contribution in [-0.2, 0) is 14.9 Å². The smallest absolute Gasteiger partial charge is 0.309 e. The number of carbonyl (C=O) groups is 1. The van der Waals surface area contributed by atoms with Gasteiger partial charge in [0.15, 0.2) is 5.96 Å². The Hall–Kier alpha value is -0.830. The molecular weight excluding hydrogens is 485 g/mol. The molecule has 0 atom stereocenters. The number of hydrogen-bond acceptors (Lipinski definition) is 4. The lowest BCUT2D eigenvalue weighted by Crippen LogP contribution is -2.50. The SMILES string of the molecule is CCOC(=O)C1CCN(C(=NC)NCC2(c3cccs3)CCCCC2)CC1.I. The Morgan fingerprint density at radius 1 is 1.32 bits per heavy atom. The number of guanidine groups is 1. The van der Waals surface area contributed by atoms with E-state index in [0.717, 1.165) is 38.4 Å². The molecular formula is C21H34IN3O2S. The summed E-state index contributed by atoms with van der Waals surface area (Å²) >= 11 is 1.89. The molecule has 28 heavy (non-hydrogen) atoms. The van der Waals surface area contributed by atoms with Gasteiger partial charge >= 0.3 is 5.97 Å². The van der Waals surface area contributed by atoms with Crippen LogP contribution in [0.15, 0.2) is 22.5 Å². The average Bonchev–Trinajstić information content (AvgIpc) is 3.25. The van der Waals surface area contributed by atoms with Gasteiger partial charge in [-0.1, -0.05) is 25.3 Å². The molecule has 1 aliphatic carbocycles. The zero-order valence-corrected chi connectivity index (χ0v) is 20.3. The van der Waals surface area contributed by atoms with E-state index in [1.165, 1.54) is 37.0 Å². The standard InChI is InChI=1S/C21H33N3O2S.HI/c1-3-26-19(25)17-9-13-24(14-10-17)20(22-2)23-16-21(11-5-4-6-12-21)18-8-7-15-27-18;/h7-8,15,17H,3-6,9-14,16H2,1-2H3,(H,22,23);1H. The van der Waals surface area contributed by atoms with Crippen molar-refractivity contribution in [2.75, 3.05) is 33.3 Å². The molecule has 5 nitrogen and oxygen atoms in total. The lowest BCUT2D eigenvalue weighted by molar-refractivity contribution is -0.149. The van der Waals surface area contributed by atoms with Crippen molar-refractivity contribution < 1.29 is 9.53 Å². The third-order valence-corrected chi connectivity index (χ3v) is 7.18. The number of ether oxygens (including phenoxy) is 1. The van der Waals surface area contributed by atoms with Gasteiger partial charge in [-0.2, -0.15) is 0 Å². The fourth-order valence-electron chi connectivity index (χ4n) is 4.49. The second kappa shape index (κ2) is 11.4. The van der Waals surface area contributed by atoms with Crippen molar-refractivity contribution in [1.82, 2.24) is 10.2 Å². The summed E-state index contributed by atoms with van der Waals surface area (Å²) in [6, 6.07) is 4.47. The monoisotopic (exact) mass is 519 g/mol. The van der Waals surface area contributed by atoms with Crippen LogP contribution in [0.2, 0.25) is 0 Å². The molecule has 1 saturated heterocycles. The molecule has 0 amide bonds. The number of halogens is 1. The van der Waals surface area contributed by atoms with Crippen LogP contribution in [0.5, 0.6) is 0 Å². The zero-order chi connectivity index (χ0) is 19.1. The van der Waals surface area contributed by atoms with Crippen LogP contribution in [0.1, 0.15) is 56.7 Å². The minimum atomic E-state index is -0.0426. The molecule has 2 heterocycles. The first-order valence-electron chi connectivity index (χ1n) is 10.3. The highest BCUT2D eigenvalue weighted by Crippen LogP contribution is 2.41. The van der Waals surface area contributed by atoms with E-state index in [1.807, 2.05) is 25.3 Å². The second-order valence-electron chi connectivity index (χ2n) is 7.73. The zero-order valence-electron chi connectivity index (χ0n) is 17.1. The average molecular weight is 519 g/mol. The maximum atomic E-state index is 12.0. The van der Waals surface area contributed by atoms with E-state index in [9.17, 15) is 4.79 Å². The van der Waals surface area contributed by atoms with Crippen molar-refractivity contribution in [3.8, 4) is 0 Å². The van der Waals surface area contributed by atoms with Gasteiger partial charge in [-0.05, 0) is 44.1 Å². The highest BCUT2D eigenvalue weighted by Gasteiger charge is 2.35. The Morgan fingerprint density at radius 3 is 2.61 bits per heavy atom. The van der Waals surface area contributed by atoms with Gasteiger partial charge in [-0.3, -0.25) is 9.79 Å². The fourth-order valence-corrected chi connectivity index (χ4v) is 5.47. The van der Waals surface area contributed by atoms with Gasteiger partial charge in [-0.25, -0.2) is 0 Å². The van der Waals surface area contributed by atoms with E-state index < -0.39 is 0 Å². The van der Waals surface area contributed by atoms with Gasteiger partial charge in [0.25, 0.3) is 0 Å². The van der Waals surface area contributed by atoms with E-state index in [2.05, 4.69) is 32.7 Å². The molecule has 2 aliphatic rings. The molecule has 0 aromatic carbocycles. The van der Waals surface area contributed by atoms with Gasteiger partial charge in [-0.15, -0.1) is 35.3 Å². The summed E-state index contributed by atoms with van der Waals surface area (Å²) in [5, 5.41) is 5.87. The number of esters is 1. The lowest BCUT2D eigenvalue weighted by Gasteiger charge is -2.39. The predicted octanol–water partition coefficient (Wildman–Crippen LogP) is 4.42. The summed E-state index contributed by atoms with van der Waals surface area (Å²) in [6.45, 7) is 4.99. The first kappa shape index (κ1) is 23.4. The fraction of sp³-hybridized carbons (Fsp3) is 0.714. The molecule has 1 aromatic rings. The van der Waals surface area contributed by atoms with Crippen LogP contribution in [0.3, 0.4) is 0 Å². The number of hydrogen-bond donors (Lipinski definition) is 1. The molecule has 1 aromatic heterocycles. The molecule has 0 unspecified atom stereocenters. The molecule has 0 bridgehead atoms. The van der Waals surface area contributed by atoms with Gasteiger partial charge in [0.05, 0.1) is 12.5 Å². The summed E-state index contributed by atoms with van der Waals surface area (Å²) in [6.07, 6.45) is 8.16. The maximum absolute atomic E-state index is 12.0. The second-order valence-corrected chi connectivity index (χ2v) is 8.68. The molecule has 1 saturated carbocycles. The van der Waals surface area contributed by atoms with Gasteiger partial charge in [0, 0.05) is 37.0 Å². The Kier molecular flexibility index (Phi) is 9.53. The molecule has 7 heteroatoms. The topological polar surface area (TPSA) is 53.9 Å². The summed E-state index contributed by atoms with van der Waals surface area (Å²) in [5.41, 5.74) is 0.242. The first-order valence-corrected chi connectivity index (χ1v) is 11.2. The number of piperidine rings is 1. The van der Waals surface area contributed by atoms with Crippen molar-refractivity contribution in [2.45, 2.75) is 57.3 Å². The lowest BCUT2D eigenvalue weighted by atomic mass is 9.73. The van der Waals surface area contributed by atoms with Crippen molar-refractivity contribution in [3.63, 3.8) is 0 Å². The predicted molar refractivity (Wildman–Crippen MR) is 127 cm³/mol. The Balaban J connectivity index is 0.00000280. The summed E-state index contributed by atoms with van der Waals surface area (Å²) < 4.78 is 5.18. The van der Waals surface area contributed by atoms with E-state index >= 15 is 0 Å². The molecule has 1 N–H and O–H groups in total. The van der Waals surface area contributed by atoms with E-state index in [-0.39, 0.29) is 41.3 Å². The third-order valence-electron chi connectivity index (χ3n) is 6.07. The van der Waals surface area contributed by atoms with E-state index in [1.54, 1.807) is 0 Å². The van der Waals surface area contributed by atoms with E-state index in [4.69, 9.17) is 4.74 Å². The van der Waals surface area contributed by atoms with Gasteiger partial charge in [0.1, 0.15) is 0 Å². The Morgan fingerprint density at radius 2 is 2.04 bits per heavy atom. The highest BCUT2D eigenvalue weighted by atomic mass is 127. The van der Waals surface area contributed by atoms with Crippen LogP contribution in [0.4, 0.5) is 0 Å². The molecule has 0 radical (unpaired) electrons. The Labute approximate surface area is 190 Å².